The maximum atomic E-state index is 12.0. The van der Waals surface area contributed by atoms with E-state index in [0.29, 0.717) is 17.1 Å². The van der Waals surface area contributed by atoms with Crippen LogP contribution in [0.4, 0.5) is 5.69 Å². The summed E-state index contributed by atoms with van der Waals surface area (Å²) in [7, 11) is 0. The topological polar surface area (TPSA) is 84.2 Å². The van der Waals surface area contributed by atoms with Crippen LogP contribution in [0.2, 0.25) is 5.02 Å². The van der Waals surface area contributed by atoms with E-state index in [1.165, 1.54) is 0 Å². The van der Waals surface area contributed by atoms with E-state index in [0.717, 1.165) is 19.3 Å². The Morgan fingerprint density at radius 1 is 1.24 bits per heavy atom. The molecule has 0 bridgehead atoms. The molecule has 114 valence electrons. The minimum Gasteiger partial charge on any atom is -0.347 e. The third-order valence-electron chi connectivity index (χ3n) is 3.64. The highest BCUT2D eigenvalue weighted by Gasteiger charge is 2.25. The average molecular weight is 310 g/mol. The normalized spacial score (nSPS) is 21.6. The Kier molecular flexibility index (Phi) is 5.59. The van der Waals surface area contributed by atoms with Gasteiger partial charge in [-0.3, -0.25) is 9.59 Å². The molecule has 0 aromatic heterocycles. The Morgan fingerprint density at radius 2 is 1.95 bits per heavy atom. The lowest BCUT2D eigenvalue weighted by atomic mass is 9.85. The van der Waals surface area contributed by atoms with Crippen molar-refractivity contribution in [3.63, 3.8) is 0 Å². The monoisotopic (exact) mass is 309 g/mol. The van der Waals surface area contributed by atoms with Crippen LogP contribution in [-0.2, 0) is 9.59 Å². The number of hydrogen-bond donors (Lipinski definition) is 3. The fourth-order valence-electron chi connectivity index (χ4n) is 2.52. The van der Waals surface area contributed by atoms with Gasteiger partial charge in [0.25, 0.3) is 0 Å². The van der Waals surface area contributed by atoms with Crippen molar-refractivity contribution in [1.82, 2.24) is 5.32 Å². The van der Waals surface area contributed by atoms with Gasteiger partial charge in [0, 0.05) is 22.7 Å². The number of amides is 2. The number of benzene rings is 1. The van der Waals surface area contributed by atoms with Crippen LogP contribution >= 0.6 is 11.6 Å². The van der Waals surface area contributed by atoms with Crippen LogP contribution in [0.3, 0.4) is 0 Å². The molecule has 1 fully saturated rings. The first-order chi connectivity index (χ1) is 10.0. The van der Waals surface area contributed by atoms with E-state index in [-0.39, 0.29) is 30.3 Å². The van der Waals surface area contributed by atoms with Crippen molar-refractivity contribution in [3.05, 3.63) is 29.3 Å². The van der Waals surface area contributed by atoms with E-state index < -0.39 is 0 Å². The molecule has 1 aliphatic carbocycles. The van der Waals surface area contributed by atoms with E-state index >= 15 is 0 Å². The molecule has 2 rings (SSSR count). The Morgan fingerprint density at radius 3 is 2.62 bits per heavy atom. The van der Waals surface area contributed by atoms with Gasteiger partial charge >= 0.3 is 0 Å². The lowest BCUT2D eigenvalue weighted by Gasteiger charge is -2.25. The van der Waals surface area contributed by atoms with Gasteiger partial charge in [-0.05, 0) is 43.5 Å². The second-order valence-corrected chi connectivity index (χ2v) is 5.83. The molecule has 21 heavy (non-hydrogen) atoms. The van der Waals surface area contributed by atoms with Crippen molar-refractivity contribution < 1.29 is 9.59 Å². The molecule has 1 aromatic rings. The molecule has 1 aromatic carbocycles. The van der Waals surface area contributed by atoms with Gasteiger partial charge in [0.1, 0.15) is 0 Å². The lowest BCUT2D eigenvalue weighted by molar-refractivity contribution is -0.128. The van der Waals surface area contributed by atoms with Crippen molar-refractivity contribution in [2.75, 3.05) is 11.9 Å². The largest absolute Gasteiger partial charge is 0.347 e. The Bertz CT molecular complexity index is 504. The molecule has 0 heterocycles. The number of hydrogen-bond acceptors (Lipinski definition) is 3. The molecular weight excluding hydrogens is 290 g/mol. The molecule has 6 heteroatoms. The summed E-state index contributed by atoms with van der Waals surface area (Å²) in [6.07, 6.45) is 3.49. The quantitative estimate of drug-likeness (QED) is 0.794. The van der Waals surface area contributed by atoms with Crippen molar-refractivity contribution >= 4 is 29.1 Å². The van der Waals surface area contributed by atoms with Crippen LogP contribution in [0, 0.1) is 5.92 Å². The van der Waals surface area contributed by atoms with Gasteiger partial charge in [-0.2, -0.15) is 0 Å². The van der Waals surface area contributed by atoms with E-state index in [1.807, 2.05) is 0 Å². The molecule has 1 saturated carbocycles. The molecule has 5 nitrogen and oxygen atoms in total. The van der Waals surface area contributed by atoms with E-state index in [4.69, 9.17) is 17.3 Å². The minimum atomic E-state index is -0.259. The van der Waals surface area contributed by atoms with Crippen LogP contribution in [0.5, 0.6) is 0 Å². The molecular formula is C15H20ClN3O2. The number of carbonyl (C=O) groups excluding carboxylic acids is 2. The summed E-state index contributed by atoms with van der Waals surface area (Å²) < 4.78 is 0. The maximum absolute atomic E-state index is 12.0. The highest BCUT2D eigenvalue weighted by atomic mass is 35.5. The first-order valence-corrected chi connectivity index (χ1v) is 7.51. The number of carbonyl (C=O) groups is 2. The molecule has 2 atom stereocenters. The van der Waals surface area contributed by atoms with Gasteiger partial charge in [0.2, 0.25) is 11.8 Å². The Balaban J connectivity index is 1.75. The number of nitrogens with one attached hydrogen (secondary N) is 2. The predicted molar refractivity (Wildman–Crippen MR) is 83.0 cm³/mol. The zero-order valence-electron chi connectivity index (χ0n) is 11.8. The van der Waals surface area contributed by atoms with Crippen molar-refractivity contribution in [1.29, 1.82) is 0 Å². The highest BCUT2D eigenvalue weighted by Crippen LogP contribution is 2.23. The molecule has 0 spiro atoms. The third-order valence-corrected chi connectivity index (χ3v) is 3.89. The van der Waals surface area contributed by atoms with Gasteiger partial charge in [-0.25, -0.2) is 0 Å². The summed E-state index contributed by atoms with van der Waals surface area (Å²) in [4.78, 5) is 23.7. The van der Waals surface area contributed by atoms with E-state index in [9.17, 15) is 9.59 Å². The molecule has 1 aliphatic rings. The van der Waals surface area contributed by atoms with Crippen molar-refractivity contribution in [2.45, 2.75) is 31.7 Å². The lowest BCUT2D eigenvalue weighted by Crippen LogP contribution is -2.40. The summed E-state index contributed by atoms with van der Waals surface area (Å²) in [6, 6.07) is 6.90. The molecule has 0 aliphatic heterocycles. The van der Waals surface area contributed by atoms with Gasteiger partial charge in [-0.15, -0.1) is 0 Å². The van der Waals surface area contributed by atoms with Gasteiger partial charge in [0.15, 0.2) is 0 Å². The second-order valence-electron chi connectivity index (χ2n) is 5.40. The van der Waals surface area contributed by atoms with E-state index in [2.05, 4.69) is 10.6 Å². The maximum Gasteiger partial charge on any atom is 0.243 e. The van der Waals surface area contributed by atoms with Crippen LogP contribution in [0.25, 0.3) is 0 Å². The summed E-state index contributed by atoms with van der Waals surface area (Å²) in [6.45, 7) is -0.0345. The summed E-state index contributed by atoms with van der Waals surface area (Å²) in [5.41, 5.74) is 6.51. The first kappa shape index (κ1) is 15.8. The fourth-order valence-corrected chi connectivity index (χ4v) is 2.64. The molecule has 0 saturated heterocycles. The predicted octanol–water partition coefficient (Wildman–Crippen LogP) is 1.91. The van der Waals surface area contributed by atoms with Crippen molar-refractivity contribution in [2.24, 2.45) is 11.7 Å². The van der Waals surface area contributed by atoms with Gasteiger partial charge in [-0.1, -0.05) is 18.0 Å². The summed E-state index contributed by atoms with van der Waals surface area (Å²) in [5, 5.41) is 5.98. The highest BCUT2D eigenvalue weighted by molar-refractivity contribution is 6.30. The molecule has 2 amide bonds. The van der Waals surface area contributed by atoms with Crippen LogP contribution < -0.4 is 16.4 Å². The van der Waals surface area contributed by atoms with Crippen LogP contribution in [-0.4, -0.2) is 24.4 Å². The fraction of sp³-hybridized carbons (Fsp3) is 0.467. The molecule has 0 radical (unpaired) electrons. The SMILES string of the molecule is NC1CCCC(C(=O)NCC(=O)Nc2ccc(Cl)cc2)C1. The zero-order chi connectivity index (χ0) is 15.2. The first-order valence-electron chi connectivity index (χ1n) is 7.13. The van der Waals surface area contributed by atoms with E-state index in [1.54, 1.807) is 24.3 Å². The Labute approximate surface area is 129 Å². The Hall–Kier alpha value is -1.59. The smallest absolute Gasteiger partial charge is 0.243 e. The zero-order valence-corrected chi connectivity index (χ0v) is 12.5. The standard InChI is InChI=1S/C15H20ClN3O2/c16-11-4-6-13(7-5-11)19-14(20)9-18-15(21)10-2-1-3-12(17)8-10/h4-7,10,12H,1-3,8-9,17H2,(H,18,21)(H,19,20). The minimum absolute atomic E-state index is 0.0345. The summed E-state index contributed by atoms with van der Waals surface area (Å²) in [5.74, 6) is -0.417. The average Bonchev–Trinajstić information content (AvgIpc) is 2.47. The number of halogens is 1. The third kappa shape index (κ3) is 5.02. The molecule has 4 N–H and O–H groups in total. The number of rotatable bonds is 4. The van der Waals surface area contributed by atoms with Crippen LogP contribution in [0.1, 0.15) is 25.7 Å². The number of nitrogens with two attached hydrogens (primary N) is 1. The van der Waals surface area contributed by atoms with Gasteiger partial charge in [0.05, 0.1) is 6.54 Å². The summed E-state index contributed by atoms with van der Waals surface area (Å²) >= 11 is 5.77. The van der Waals surface area contributed by atoms with Crippen molar-refractivity contribution in [3.8, 4) is 0 Å². The second kappa shape index (κ2) is 7.43. The number of anilines is 1. The van der Waals surface area contributed by atoms with Crippen LogP contribution in [0.15, 0.2) is 24.3 Å². The van der Waals surface area contributed by atoms with Gasteiger partial charge < -0.3 is 16.4 Å². The molecule has 2 unspecified atom stereocenters.